The number of benzene rings is 1. The highest BCUT2D eigenvalue weighted by Crippen LogP contribution is 2.21. The number of H-pyrrole nitrogens is 1. The molecule has 0 bridgehead atoms. The summed E-state index contributed by atoms with van der Waals surface area (Å²) in [7, 11) is 0. The molecule has 1 aliphatic heterocycles. The first-order valence-corrected chi connectivity index (χ1v) is 6.06. The Hall–Kier alpha value is -2.01. The van der Waals surface area contributed by atoms with Crippen molar-refractivity contribution in [1.29, 1.82) is 0 Å². The number of aromatic nitrogens is 1. The van der Waals surface area contributed by atoms with Gasteiger partial charge in [-0.15, -0.1) is 0 Å². The lowest BCUT2D eigenvalue weighted by Gasteiger charge is -2.26. The van der Waals surface area contributed by atoms with Gasteiger partial charge in [0.2, 0.25) is 0 Å². The maximum atomic E-state index is 12.3. The molecule has 18 heavy (non-hydrogen) atoms. The average Bonchev–Trinajstić information content (AvgIpc) is 2.81. The molecule has 2 aromatic rings. The fraction of sp³-hybridized carbons (Fsp3) is 0.308. The molecule has 1 aromatic carbocycles. The van der Waals surface area contributed by atoms with Crippen molar-refractivity contribution < 1.29 is 9.90 Å². The van der Waals surface area contributed by atoms with Crippen LogP contribution in [0, 0.1) is 0 Å². The van der Waals surface area contributed by atoms with Gasteiger partial charge in [0.05, 0.1) is 0 Å². The fourth-order valence-electron chi connectivity index (χ4n) is 2.27. The second-order valence-electron chi connectivity index (χ2n) is 4.50. The Bertz CT molecular complexity index is 585. The highest BCUT2D eigenvalue weighted by Gasteiger charge is 2.19. The predicted molar refractivity (Wildman–Crippen MR) is 68.7 cm³/mol. The molecule has 0 saturated carbocycles. The Labute approximate surface area is 104 Å². The van der Waals surface area contributed by atoms with Gasteiger partial charge in [0.25, 0.3) is 5.91 Å². The molecule has 94 valence electrons. The largest absolute Gasteiger partial charge is 0.508 e. The zero-order valence-electron chi connectivity index (χ0n) is 9.94. The van der Waals surface area contributed by atoms with E-state index in [1.54, 1.807) is 18.2 Å². The lowest BCUT2D eigenvalue weighted by Crippen LogP contribution is -2.46. The highest BCUT2D eigenvalue weighted by atomic mass is 16.3. The van der Waals surface area contributed by atoms with Crippen molar-refractivity contribution in [3.05, 3.63) is 30.0 Å². The number of aromatic hydroxyl groups is 1. The van der Waals surface area contributed by atoms with Crippen LogP contribution in [0.5, 0.6) is 5.75 Å². The normalized spacial score (nSPS) is 16.1. The molecule has 5 nitrogen and oxygen atoms in total. The number of carbonyl (C=O) groups is 1. The van der Waals surface area contributed by atoms with Crippen LogP contribution < -0.4 is 5.32 Å². The number of rotatable bonds is 1. The molecular weight excluding hydrogens is 230 g/mol. The third-order valence-corrected chi connectivity index (χ3v) is 3.24. The van der Waals surface area contributed by atoms with E-state index >= 15 is 0 Å². The first-order chi connectivity index (χ1) is 8.74. The minimum absolute atomic E-state index is 0.0205. The van der Waals surface area contributed by atoms with E-state index in [1.807, 2.05) is 11.0 Å². The van der Waals surface area contributed by atoms with Gasteiger partial charge in [-0.25, -0.2) is 0 Å². The van der Waals surface area contributed by atoms with Gasteiger partial charge in [-0.2, -0.15) is 0 Å². The fourth-order valence-corrected chi connectivity index (χ4v) is 2.27. The summed E-state index contributed by atoms with van der Waals surface area (Å²) in [5.74, 6) is 0.220. The monoisotopic (exact) mass is 245 g/mol. The van der Waals surface area contributed by atoms with Crippen molar-refractivity contribution in [2.45, 2.75) is 0 Å². The Morgan fingerprint density at radius 2 is 2.00 bits per heavy atom. The number of amides is 1. The van der Waals surface area contributed by atoms with Gasteiger partial charge in [-0.1, -0.05) is 0 Å². The molecular formula is C13H15N3O2. The average molecular weight is 245 g/mol. The number of fused-ring (bicyclic) bond motifs is 1. The molecule has 5 heteroatoms. The molecule has 0 spiro atoms. The topological polar surface area (TPSA) is 68.4 Å². The number of hydrogen-bond acceptors (Lipinski definition) is 3. The number of nitrogens with zero attached hydrogens (tertiary/aromatic N) is 1. The van der Waals surface area contributed by atoms with Crippen LogP contribution in [-0.2, 0) is 0 Å². The first-order valence-electron chi connectivity index (χ1n) is 6.06. The van der Waals surface area contributed by atoms with Gasteiger partial charge >= 0.3 is 0 Å². The molecule has 1 amide bonds. The summed E-state index contributed by atoms with van der Waals surface area (Å²) in [4.78, 5) is 17.2. The van der Waals surface area contributed by atoms with E-state index in [2.05, 4.69) is 10.3 Å². The maximum absolute atomic E-state index is 12.3. The van der Waals surface area contributed by atoms with Crippen LogP contribution in [0.4, 0.5) is 0 Å². The number of aromatic amines is 1. The Morgan fingerprint density at radius 3 is 2.78 bits per heavy atom. The summed E-state index contributed by atoms with van der Waals surface area (Å²) >= 11 is 0. The van der Waals surface area contributed by atoms with Crippen molar-refractivity contribution in [1.82, 2.24) is 15.2 Å². The molecule has 1 fully saturated rings. The van der Waals surface area contributed by atoms with E-state index in [1.165, 1.54) is 0 Å². The highest BCUT2D eigenvalue weighted by molar-refractivity contribution is 5.98. The Morgan fingerprint density at radius 1 is 1.22 bits per heavy atom. The molecule has 0 unspecified atom stereocenters. The molecule has 1 aromatic heterocycles. The number of hydrogen-bond donors (Lipinski definition) is 3. The first kappa shape index (κ1) is 11.1. The Kier molecular flexibility index (Phi) is 2.68. The van der Waals surface area contributed by atoms with Crippen molar-refractivity contribution >= 4 is 16.8 Å². The molecule has 1 aliphatic rings. The summed E-state index contributed by atoms with van der Waals surface area (Å²) in [5.41, 5.74) is 1.37. The van der Waals surface area contributed by atoms with E-state index in [0.29, 0.717) is 5.69 Å². The van der Waals surface area contributed by atoms with E-state index in [4.69, 9.17) is 0 Å². The summed E-state index contributed by atoms with van der Waals surface area (Å²) < 4.78 is 0. The van der Waals surface area contributed by atoms with Crippen LogP contribution in [0.1, 0.15) is 10.5 Å². The third kappa shape index (κ3) is 1.93. The van der Waals surface area contributed by atoms with Gasteiger partial charge in [0.15, 0.2) is 0 Å². The number of nitrogens with one attached hydrogen (secondary N) is 2. The van der Waals surface area contributed by atoms with Crippen molar-refractivity contribution in [3.8, 4) is 5.75 Å². The van der Waals surface area contributed by atoms with Crippen molar-refractivity contribution in [3.63, 3.8) is 0 Å². The molecule has 0 aliphatic carbocycles. The number of carbonyl (C=O) groups excluding carboxylic acids is 1. The van der Waals surface area contributed by atoms with Crippen LogP contribution in [-0.4, -0.2) is 47.1 Å². The smallest absolute Gasteiger partial charge is 0.270 e. The lowest BCUT2D eigenvalue weighted by molar-refractivity contribution is 0.0731. The summed E-state index contributed by atoms with van der Waals surface area (Å²) in [6.07, 6.45) is 0. The minimum Gasteiger partial charge on any atom is -0.508 e. The van der Waals surface area contributed by atoms with E-state index in [9.17, 15) is 9.90 Å². The minimum atomic E-state index is 0.0205. The van der Waals surface area contributed by atoms with Crippen LogP contribution in [0.15, 0.2) is 24.3 Å². The van der Waals surface area contributed by atoms with Gasteiger partial charge < -0.3 is 20.3 Å². The van der Waals surface area contributed by atoms with E-state index < -0.39 is 0 Å². The zero-order chi connectivity index (χ0) is 12.5. The van der Waals surface area contributed by atoms with E-state index in [0.717, 1.165) is 37.1 Å². The molecule has 3 rings (SSSR count). The second kappa shape index (κ2) is 4.34. The van der Waals surface area contributed by atoms with Crippen LogP contribution >= 0.6 is 0 Å². The third-order valence-electron chi connectivity index (χ3n) is 3.24. The van der Waals surface area contributed by atoms with Gasteiger partial charge in [-0.3, -0.25) is 4.79 Å². The SMILES string of the molecule is O=C(c1cc2ccc(O)cc2[nH]1)N1CCNCC1. The Balaban J connectivity index is 1.91. The molecule has 1 saturated heterocycles. The quantitative estimate of drug-likeness (QED) is 0.699. The number of phenols is 1. The van der Waals surface area contributed by atoms with Crippen LogP contribution in [0.3, 0.4) is 0 Å². The summed E-state index contributed by atoms with van der Waals surface area (Å²) in [5, 5.41) is 13.6. The number of piperazine rings is 1. The van der Waals surface area contributed by atoms with Crippen molar-refractivity contribution in [2.24, 2.45) is 0 Å². The molecule has 0 radical (unpaired) electrons. The zero-order valence-corrected chi connectivity index (χ0v) is 9.94. The standard InChI is InChI=1S/C13H15N3O2/c17-10-2-1-9-7-12(15-11(9)8-10)13(18)16-5-3-14-4-6-16/h1-2,7-8,14-15,17H,3-6H2. The van der Waals surface area contributed by atoms with Gasteiger partial charge in [-0.05, 0) is 18.2 Å². The van der Waals surface area contributed by atoms with Gasteiger partial charge in [0.1, 0.15) is 11.4 Å². The van der Waals surface area contributed by atoms with Crippen LogP contribution in [0.25, 0.3) is 10.9 Å². The lowest BCUT2D eigenvalue weighted by atomic mass is 10.2. The summed E-state index contributed by atoms with van der Waals surface area (Å²) in [6.45, 7) is 3.15. The van der Waals surface area contributed by atoms with E-state index in [-0.39, 0.29) is 11.7 Å². The summed E-state index contributed by atoms with van der Waals surface area (Å²) in [6, 6.07) is 6.88. The number of phenolic OH excluding ortho intramolecular Hbond substituents is 1. The molecule has 3 N–H and O–H groups in total. The molecule has 0 atom stereocenters. The molecule has 2 heterocycles. The maximum Gasteiger partial charge on any atom is 0.270 e. The predicted octanol–water partition coefficient (Wildman–Crippen LogP) is 0.919. The van der Waals surface area contributed by atoms with Crippen molar-refractivity contribution in [2.75, 3.05) is 26.2 Å². The van der Waals surface area contributed by atoms with Gasteiger partial charge in [0, 0.05) is 43.1 Å². The van der Waals surface area contributed by atoms with Crippen LogP contribution in [0.2, 0.25) is 0 Å². The second-order valence-corrected chi connectivity index (χ2v) is 4.50.